The lowest BCUT2D eigenvalue weighted by Crippen LogP contribution is -2.29. The van der Waals surface area contributed by atoms with Crippen LogP contribution in [0.1, 0.15) is 5.56 Å². The summed E-state index contributed by atoms with van der Waals surface area (Å²) in [5.74, 6) is 3.11. The second-order valence-electron chi connectivity index (χ2n) is 6.47. The molecule has 1 aromatic heterocycles. The number of aromatic nitrogens is 2. The minimum Gasteiger partial charge on any atom is -0.340 e. The molecule has 2 unspecified atom stereocenters. The number of thiol groups is 1. The number of hydrogen-bond acceptors (Lipinski definition) is 6. The van der Waals surface area contributed by atoms with Gasteiger partial charge in [-0.3, -0.25) is 0 Å². The second kappa shape index (κ2) is 5.39. The molecule has 2 atom stereocenters. The zero-order valence-electron chi connectivity index (χ0n) is 13.3. The van der Waals surface area contributed by atoms with E-state index in [-0.39, 0.29) is 0 Å². The number of fused-ring (bicyclic) bond motifs is 2. The van der Waals surface area contributed by atoms with Crippen LogP contribution in [0.25, 0.3) is 5.57 Å². The van der Waals surface area contributed by atoms with Crippen molar-refractivity contribution in [1.82, 2.24) is 15.3 Å². The van der Waals surface area contributed by atoms with Crippen molar-refractivity contribution in [2.24, 2.45) is 11.8 Å². The van der Waals surface area contributed by atoms with E-state index in [0.717, 1.165) is 71.5 Å². The molecule has 0 saturated carbocycles. The van der Waals surface area contributed by atoms with Crippen LogP contribution in [0.3, 0.4) is 0 Å². The fourth-order valence-electron chi connectivity index (χ4n) is 3.78. The fourth-order valence-corrected chi connectivity index (χ4v) is 4.10. The highest BCUT2D eigenvalue weighted by molar-refractivity contribution is 7.84. The topological polar surface area (TPSA) is 44.3 Å². The summed E-state index contributed by atoms with van der Waals surface area (Å²) in [5, 5.41) is 4.29. The first-order chi connectivity index (χ1) is 11.1. The lowest BCUT2D eigenvalue weighted by Gasteiger charge is -2.30. The Labute approximate surface area is 142 Å². The Hall–Kier alpha value is -1.79. The Kier molecular flexibility index (Phi) is 3.46. The summed E-state index contributed by atoms with van der Waals surface area (Å²) in [7, 11) is 1.97. The van der Waals surface area contributed by atoms with Crippen LogP contribution in [0.4, 0.5) is 11.8 Å². The van der Waals surface area contributed by atoms with Gasteiger partial charge in [0.1, 0.15) is 5.82 Å². The fraction of sp³-hybridized carbons (Fsp3) is 0.412. The Bertz CT molecular complexity index is 714. The van der Waals surface area contributed by atoms with E-state index in [4.69, 9.17) is 4.98 Å². The normalized spacial score (nSPS) is 26.6. The van der Waals surface area contributed by atoms with Crippen molar-refractivity contribution < 1.29 is 0 Å². The van der Waals surface area contributed by atoms with E-state index in [0.29, 0.717) is 0 Å². The van der Waals surface area contributed by atoms with E-state index in [1.807, 2.05) is 18.1 Å². The highest BCUT2D eigenvalue weighted by Crippen LogP contribution is 2.40. The molecule has 0 aromatic carbocycles. The highest BCUT2D eigenvalue weighted by Gasteiger charge is 2.37. The van der Waals surface area contributed by atoms with Crippen molar-refractivity contribution in [2.45, 2.75) is 0 Å². The summed E-state index contributed by atoms with van der Waals surface area (Å²) in [6, 6.07) is 0. The number of nitrogens with zero attached hydrogens (tertiary/aromatic N) is 4. The Morgan fingerprint density at radius 1 is 1.35 bits per heavy atom. The SMILES string of the molecule is C=CC1=C(S)N(C)c2nc(N3CC4CNCC4C3)ncc2C1=C. The Morgan fingerprint density at radius 3 is 2.70 bits per heavy atom. The summed E-state index contributed by atoms with van der Waals surface area (Å²) in [4.78, 5) is 13.7. The van der Waals surface area contributed by atoms with Gasteiger partial charge in [0.25, 0.3) is 0 Å². The van der Waals surface area contributed by atoms with Gasteiger partial charge in [-0.05, 0) is 17.4 Å². The van der Waals surface area contributed by atoms with Crippen LogP contribution in [0.15, 0.2) is 36.0 Å². The molecule has 4 heterocycles. The first-order valence-electron chi connectivity index (χ1n) is 7.92. The van der Waals surface area contributed by atoms with E-state index in [1.54, 1.807) is 6.08 Å². The van der Waals surface area contributed by atoms with Gasteiger partial charge >= 0.3 is 0 Å². The molecule has 6 heteroatoms. The molecule has 2 fully saturated rings. The minimum absolute atomic E-state index is 0.718. The largest absolute Gasteiger partial charge is 0.340 e. The summed E-state index contributed by atoms with van der Waals surface area (Å²) in [5.41, 5.74) is 2.76. The number of allylic oxidation sites excluding steroid dienone is 3. The molecule has 4 rings (SSSR count). The molecule has 23 heavy (non-hydrogen) atoms. The maximum absolute atomic E-state index is 4.82. The maximum atomic E-state index is 4.82. The van der Waals surface area contributed by atoms with E-state index in [9.17, 15) is 0 Å². The minimum atomic E-state index is 0.718. The highest BCUT2D eigenvalue weighted by atomic mass is 32.1. The summed E-state index contributed by atoms with van der Waals surface area (Å²) in [6.07, 6.45) is 3.67. The first-order valence-corrected chi connectivity index (χ1v) is 8.36. The van der Waals surface area contributed by atoms with Crippen molar-refractivity contribution in [1.29, 1.82) is 0 Å². The van der Waals surface area contributed by atoms with Gasteiger partial charge in [-0.25, -0.2) is 4.98 Å². The molecule has 3 aliphatic heterocycles. The second-order valence-corrected chi connectivity index (χ2v) is 6.89. The molecule has 1 aromatic rings. The van der Waals surface area contributed by atoms with Gasteiger partial charge in [0.15, 0.2) is 0 Å². The summed E-state index contributed by atoms with van der Waals surface area (Å²) in [6.45, 7) is 12.3. The van der Waals surface area contributed by atoms with Gasteiger partial charge in [0.2, 0.25) is 5.95 Å². The zero-order valence-corrected chi connectivity index (χ0v) is 14.2. The predicted molar refractivity (Wildman–Crippen MR) is 97.7 cm³/mol. The third-order valence-corrected chi connectivity index (χ3v) is 5.70. The molecule has 5 nitrogen and oxygen atoms in total. The zero-order chi connectivity index (χ0) is 16.1. The number of hydrogen-bond donors (Lipinski definition) is 2. The molecule has 2 saturated heterocycles. The summed E-state index contributed by atoms with van der Waals surface area (Å²) >= 11 is 4.60. The van der Waals surface area contributed by atoms with Gasteiger partial charge < -0.3 is 15.1 Å². The molecule has 120 valence electrons. The lowest BCUT2D eigenvalue weighted by atomic mass is 9.98. The molecule has 3 aliphatic rings. The van der Waals surface area contributed by atoms with E-state index in [1.165, 1.54) is 0 Å². The maximum Gasteiger partial charge on any atom is 0.227 e. The standard InChI is InChI=1S/C17H21N5S/c1-4-13-10(2)14-7-19-17(20-15(14)21(3)16(13)23)22-8-11-5-18-6-12(11)9-22/h4,7,11-12,18,23H,1-2,5-6,8-9H2,3H3. The van der Waals surface area contributed by atoms with Crippen LogP contribution in [0.2, 0.25) is 0 Å². The molecule has 0 aliphatic carbocycles. The number of rotatable bonds is 2. The van der Waals surface area contributed by atoms with Gasteiger partial charge in [0.05, 0.1) is 5.03 Å². The molecule has 1 N–H and O–H groups in total. The quantitative estimate of drug-likeness (QED) is 0.813. The predicted octanol–water partition coefficient (Wildman–Crippen LogP) is 1.92. The van der Waals surface area contributed by atoms with Crippen LogP contribution in [0.5, 0.6) is 0 Å². The Morgan fingerprint density at radius 2 is 2.04 bits per heavy atom. The van der Waals surface area contributed by atoms with Crippen molar-refractivity contribution >= 4 is 30.0 Å². The monoisotopic (exact) mass is 327 g/mol. The van der Waals surface area contributed by atoms with E-state index < -0.39 is 0 Å². The van der Waals surface area contributed by atoms with Gasteiger partial charge in [0, 0.05) is 50.6 Å². The van der Waals surface area contributed by atoms with Crippen LogP contribution in [0, 0.1) is 11.8 Å². The first kappa shape index (κ1) is 14.8. The smallest absolute Gasteiger partial charge is 0.227 e. The van der Waals surface area contributed by atoms with Crippen LogP contribution < -0.4 is 15.1 Å². The van der Waals surface area contributed by atoms with Gasteiger partial charge in [-0.2, -0.15) is 4.98 Å². The van der Waals surface area contributed by atoms with Crippen LogP contribution in [-0.2, 0) is 0 Å². The molecule has 0 spiro atoms. The average molecular weight is 327 g/mol. The van der Waals surface area contributed by atoms with Crippen molar-refractivity contribution in [3.05, 3.63) is 41.6 Å². The van der Waals surface area contributed by atoms with E-state index in [2.05, 4.69) is 41.0 Å². The van der Waals surface area contributed by atoms with Crippen LogP contribution >= 0.6 is 12.6 Å². The van der Waals surface area contributed by atoms with Gasteiger partial charge in [-0.1, -0.05) is 19.2 Å². The molecular weight excluding hydrogens is 306 g/mol. The third kappa shape index (κ3) is 2.20. The molecule has 0 amide bonds. The number of anilines is 2. The van der Waals surface area contributed by atoms with Crippen LogP contribution in [-0.4, -0.2) is 43.2 Å². The van der Waals surface area contributed by atoms with Crippen molar-refractivity contribution in [2.75, 3.05) is 43.0 Å². The third-order valence-electron chi connectivity index (χ3n) is 5.16. The number of nitrogens with one attached hydrogen (secondary N) is 1. The van der Waals surface area contributed by atoms with Crippen molar-refractivity contribution in [3.8, 4) is 0 Å². The molecular formula is C17H21N5S. The van der Waals surface area contributed by atoms with Crippen molar-refractivity contribution in [3.63, 3.8) is 0 Å². The average Bonchev–Trinajstić information content (AvgIpc) is 3.14. The summed E-state index contributed by atoms with van der Waals surface area (Å²) < 4.78 is 0. The van der Waals surface area contributed by atoms with E-state index >= 15 is 0 Å². The molecule has 0 bridgehead atoms. The lowest BCUT2D eigenvalue weighted by molar-refractivity contribution is 0.533. The Balaban J connectivity index is 1.68. The molecule has 0 radical (unpaired) electrons. The van der Waals surface area contributed by atoms with Gasteiger partial charge in [-0.15, -0.1) is 12.6 Å².